The van der Waals surface area contributed by atoms with Crippen molar-refractivity contribution >= 4 is 5.84 Å². The second-order valence-electron chi connectivity index (χ2n) is 5.88. The van der Waals surface area contributed by atoms with Crippen LogP contribution in [0.1, 0.15) is 57.9 Å². The third kappa shape index (κ3) is 5.41. The second-order valence-corrected chi connectivity index (χ2v) is 5.88. The van der Waals surface area contributed by atoms with E-state index in [2.05, 4.69) is 36.3 Å². The van der Waals surface area contributed by atoms with Gasteiger partial charge in [-0.05, 0) is 37.6 Å². The topological polar surface area (TPSA) is 33.6 Å². The van der Waals surface area contributed by atoms with Crippen molar-refractivity contribution in [3.8, 4) is 5.75 Å². The molecule has 0 aliphatic carbocycles. The smallest absolute Gasteiger partial charge is 0.128 e. The summed E-state index contributed by atoms with van der Waals surface area (Å²) in [6, 6.07) is 8.70. The third-order valence-corrected chi connectivity index (χ3v) is 3.80. The maximum Gasteiger partial charge on any atom is 0.128 e. The molecule has 1 aliphatic heterocycles. The number of nitrogens with one attached hydrogen (secondary N) is 1. The van der Waals surface area contributed by atoms with Crippen molar-refractivity contribution in [2.75, 3.05) is 13.2 Å². The molecule has 0 radical (unpaired) electrons. The van der Waals surface area contributed by atoms with Crippen LogP contribution in [0.25, 0.3) is 0 Å². The van der Waals surface area contributed by atoms with E-state index in [-0.39, 0.29) is 0 Å². The Balaban J connectivity index is 1.66. The van der Waals surface area contributed by atoms with Crippen LogP contribution >= 0.6 is 0 Å². The van der Waals surface area contributed by atoms with Crippen LogP contribution in [0, 0.1) is 0 Å². The Kier molecular flexibility index (Phi) is 6.58. The van der Waals surface area contributed by atoms with Crippen molar-refractivity contribution < 1.29 is 4.74 Å². The minimum absolute atomic E-state index is 0.448. The van der Waals surface area contributed by atoms with Gasteiger partial charge in [0.25, 0.3) is 0 Å². The highest BCUT2D eigenvalue weighted by molar-refractivity contribution is 6.00. The highest BCUT2D eigenvalue weighted by Gasteiger charge is 2.13. The van der Waals surface area contributed by atoms with E-state index in [4.69, 9.17) is 4.74 Å². The molecule has 0 saturated carbocycles. The third-order valence-electron chi connectivity index (χ3n) is 3.80. The molecule has 1 N–H and O–H groups in total. The summed E-state index contributed by atoms with van der Waals surface area (Å²) in [5.41, 5.74) is 1.14. The average Bonchev–Trinajstić information content (AvgIpc) is 2.93. The van der Waals surface area contributed by atoms with Crippen LogP contribution in [-0.2, 0) is 0 Å². The molecule has 2 rings (SSSR count). The van der Waals surface area contributed by atoms with Crippen molar-refractivity contribution in [1.29, 1.82) is 0 Å². The Hall–Kier alpha value is -1.51. The maximum absolute atomic E-state index is 5.79. The summed E-state index contributed by atoms with van der Waals surface area (Å²) >= 11 is 0. The molecule has 0 spiro atoms. The van der Waals surface area contributed by atoms with E-state index < -0.39 is 0 Å². The van der Waals surface area contributed by atoms with Crippen molar-refractivity contribution in [3.63, 3.8) is 0 Å². The zero-order chi connectivity index (χ0) is 14.9. The Labute approximate surface area is 128 Å². The van der Waals surface area contributed by atoms with E-state index in [1.54, 1.807) is 0 Å². The summed E-state index contributed by atoms with van der Waals surface area (Å²) in [5.74, 6) is 1.96. The molecule has 1 aliphatic rings. The molecule has 1 aromatic carbocycles. The minimum Gasteiger partial charge on any atom is -0.494 e. The highest BCUT2D eigenvalue weighted by atomic mass is 16.5. The second kappa shape index (κ2) is 8.71. The first-order valence-electron chi connectivity index (χ1n) is 8.34. The summed E-state index contributed by atoms with van der Waals surface area (Å²) in [6.07, 6.45) is 7.78. The standard InChI is InChI=1S/C18H28N2O/c1-3-4-5-6-7-8-13-21-17-11-9-16(10-12-17)18-19-14-15(2)20-18/h9-12,15H,3-8,13-14H2,1-2H3,(H,19,20)/t15-/m1/s1. The fourth-order valence-corrected chi connectivity index (χ4v) is 2.51. The fraction of sp³-hybridized carbons (Fsp3) is 0.611. The molecule has 0 aromatic heterocycles. The van der Waals surface area contributed by atoms with E-state index in [0.717, 1.165) is 36.7 Å². The lowest BCUT2D eigenvalue weighted by molar-refractivity contribution is 0.304. The zero-order valence-electron chi connectivity index (χ0n) is 13.4. The molecular formula is C18H28N2O. The summed E-state index contributed by atoms with van der Waals surface area (Å²) < 4.78 is 5.79. The molecule has 1 aromatic rings. The Morgan fingerprint density at radius 2 is 1.81 bits per heavy atom. The zero-order valence-corrected chi connectivity index (χ0v) is 13.4. The van der Waals surface area contributed by atoms with Crippen molar-refractivity contribution in [1.82, 2.24) is 5.32 Å². The van der Waals surface area contributed by atoms with Crippen LogP contribution < -0.4 is 10.1 Å². The molecule has 21 heavy (non-hydrogen) atoms. The van der Waals surface area contributed by atoms with Gasteiger partial charge in [0.2, 0.25) is 0 Å². The Morgan fingerprint density at radius 3 is 2.48 bits per heavy atom. The molecule has 116 valence electrons. The van der Waals surface area contributed by atoms with Crippen molar-refractivity contribution in [2.45, 2.75) is 58.4 Å². The number of ether oxygens (including phenoxy) is 1. The molecule has 3 nitrogen and oxygen atoms in total. The predicted molar refractivity (Wildman–Crippen MR) is 89.3 cm³/mol. The first-order valence-corrected chi connectivity index (χ1v) is 8.34. The van der Waals surface area contributed by atoms with E-state index in [0.29, 0.717) is 6.04 Å². The number of benzene rings is 1. The Bertz CT molecular complexity index is 439. The fourth-order valence-electron chi connectivity index (χ4n) is 2.51. The molecule has 0 fully saturated rings. The largest absolute Gasteiger partial charge is 0.494 e. The first kappa shape index (κ1) is 15.9. The number of amidine groups is 1. The Morgan fingerprint density at radius 1 is 1.10 bits per heavy atom. The van der Waals surface area contributed by atoms with Gasteiger partial charge < -0.3 is 10.1 Å². The van der Waals surface area contributed by atoms with Gasteiger partial charge in [-0.3, -0.25) is 4.99 Å². The predicted octanol–water partition coefficient (Wildman–Crippen LogP) is 4.16. The van der Waals surface area contributed by atoms with E-state index in [9.17, 15) is 0 Å². The van der Waals surface area contributed by atoms with Crippen molar-refractivity contribution in [2.24, 2.45) is 4.99 Å². The van der Waals surface area contributed by atoms with Gasteiger partial charge >= 0.3 is 0 Å². The van der Waals surface area contributed by atoms with Crippen molar-refractivity contribution in [3.05, 3.63) is 29.8 Å². The van der Waals surface area contributed by atoms with Crippen LogP contribution in [0.3, 0.4) is 0 Å². The monoisotopic (exact) mass is 288 g/mol. The number of hydrogen-bond donors (Lipinski definition) is 1. The average molecular weight is 288 g/mol. The van der Waals surface area contributed by atoms with Gasteiger partial charge in [0.1, 0.15) is 11.6 Å². The number of aliphatic imine (C=N–C) groups is 1. The highest BCUT2D eigenvalue weighted by Crippen LogP contribution is 2.15. The summed E-state index contributed by atoms with van der Waals surface area (Å²) in [5, 5.41) is 3.38. The molecular weight excluding hydrogens is 260 g/mol. The molecule has 0 unspecified atom stereocenters. The van der Waals surface area contributed by atoms with Crippen LogP contribution in [-0.4, -0.2) is 25.0 Å². The summed E-state index contributed by atoms with van der Waals surface area (Å²) in [4.78, 5) is 4.49. The lowest BCUT2D eigenvalue weighted by Gasteiger charge is -2.08. The summed E-state index contributed by atoms with van der Waals surface area (Å²) in [6.45, 7) is 6.09. The van der Waals surface area contributed by atoms with Crippen LogP contribution in [0.2, 0.25) is 0 Å². The molecule has 3 heteroatoms. The molecule has 1 atom stereocenters. The first-order chi connectivity index (χ1) is 10.3. The number of nitrogens with zero attached hydrogens (tertiary/aromatic N) is 1. The van der Waals surface area contributed by atoms with Gasteiger partial charge in [-0.15, -0.1) is 0 Å². The quantitative estimate of drug-likeness (QED) is 0.692. The summed E-state index contributed by atoms with van der Waals surface area (Å²) in [7, 11) is 0. The normalized spacial score (nSPS) is 17.4. The molecule has 0 amide bonds. The number of rotatable bonds is 9. The van der Waals surface area contributed by atoms with E-state index >= 15 is 0 Å². The van der Waals surface area contributed by atoms with Gasteiger partial charge in [-0.1, -0.05) is 39.0 Å². The van der Waals surface area contributed by atoms with Crippen LogP contribution in [0.15, 0.2) is 29.3 Å². The van der Waals surface area contributed by atoms with Gasteiger partial charge in [0.15, 0.2) is 0 Å². The van der Waals surface area contributed by atoms with Crippen LogP contribution in [0.5, 0.6) is 5.75 Å². The van der Waals surface area contributed by atoms with Crippen LogP contribution in [0.4, 0.5) is 0 Å². The maximum atomic E-state index is 5.79. The number of unbranched alkanes of at least 4 members (excludes halogenated alkanes) is 5. The number of hydrogen-bond acceptors (Lipinski definition) is 3. The minimum atomic E-state index is 0.448. The molecule has 1 heterocycles. The molecule has 0 saturated heterocycles. The molecule has 0 bridgehead atoms. The van der Waals surface area contributed by atoms with Gasteiger partial charge in [0.05, 0.1) is 13.2 Å². The van der Waals surface area contributed by atoms with E-state index in [1.165, 1.54) is 32.1 Å². The van der Waals surface area contributed by atoms with Gasteiger partial charge in [0, 0.05) is 11.6 Å². The lowest BCUT2D eigenvalue weighted by atomic mass is 10.1. The van der Waals surface area contributed by atoms with Gasteiger partial charge in [-0.2, -0.15) is 0 Å². The van der Waals surface area contributed by atoms with Gasteiger partial charge in [-0.25, -0.2) is 0 Å². The lowest BCUT2D eigenvalue weighted by Crippen LogP contribution is -2.27. The van der Waals surface area contributed by atoms with E-state index in [1.807, 2.05) is 12.1 Å². The SMILES string of the molecule is CCCCCCCCOc1ccc(C2=NC[C@@H](C)N2)cc1.